The van der Waals surface area contributed by atoms with Crippen molar-refractivity contribution in [3.63, 3.8) is 0 Å². The molecule has 8 saturated heterocycles. The Bertz CT molecular complexity index is 1810. The van der Waals surface area contributed by atoms with Crippen LogP contribution in [0.1, 0.15) is 114 Å². The third kappa shape index (κ3) is 7.11. The number of fused-ring (bicyclic) bond motifs is 4. The zero-order chi connectivity index (χ0) is 40.3. The summed E-state index contributed by atoms with van der Waals surface area (Å²) in [6.45, 7) is 12.3. The van der Waals surface area contributed by atoms with Crippen LogP contribution in [0.15, 0.2) is 49.1 Å². The molecule has 4 unspecified atom stereocenters. The number of carbonyl (C=O) groups is 3. The van der Waals surface area contributed by atoms with E-state index in [9.17, 15) is 14.4 Å². The lowest BCUT2D eigenvalue weighted by molar-refractivity contribution is -0.576. The predicted octanol–water partition coefficient (Wildman–Crippen LogP) is 7.30. The largest absolute Gasteiger partial charge is 0.432 e. The Morgan fingerprint density at radius 2 is 1.19 bits per heavy atom. The van der Waals surface area contributed by atoms with E-state index in [0.29, 0.717) is 34.8 Å². The zero-order valence-electron chi connectivity index (χ0n) is 33.3. The Morgan fingerprint density at radius 1 is 0.684 bits per heavy atom. The molecule has 4 bridgehead atoms. The average molecular weight is 813 g/mol. The maximum absolute atomic E-state index is 12.6. The van der Waals surface area contributed by atoms with Crippen LogP contribution in [0.2, 0.25) is 0 Å². The Balaban J connectivity index is 0.000000136. The Hall–Kier alpha value is -3.08. The van der Waals surface area contributed by atoms with Gasteiger partial charge in [0, 0.05) is 66.9 Å². The van der Waals surface area contributed by atoms with Gasteiger partial charge in [-0.25, -0.2) is 24.3 Å². The summed E-state index contributed by atoms with van der Waals surface area (Å²) in [6.07, 6.45) is 11.9. The first kappa shape index (κ1) is 40.7. The first-order valence-corrected chi connectivity index (χ1v) is 20.7. The van der Waals surface area contributed by atoms with Crippen LogP contribution in [0, 0.1) is 47.3 Å². The van der Waals surface area contributed by atoms with Crippen molar-refractivity contribution in [2.45, 2.75) is 135 Å². The van der Waals surface area contributed by atoms with E-state index in [-0.39, 0.29) is 29.6 Å². The lowest BCUT2D eigenvalue weighted by Crippen LogP contribution is -2.70. The SMILES string of the molecule is C[C@@H]1CCC2[C@@H](C)C(=O)O[C@@H]3O[C@]4(C)CCC1[C@@]23OO4.C[C@@H]1CCC2[C@@H](C)[C@@H](OC(=O)c3ccncc3)O[C@@H]3O[C@]4(C)CCC1[C@@]23OO4.O=C(Cl)c1ccncc1. The van der Waals surface area contributed by atoms with Crippen molar-refractivity contribution >= 4 is 28.8 Å². The summed E-state index contributed by atoms with van der Waals surface area (Å²) >= 11 is 5.14. The van der Waals surface area contributed by atoms with E-state index in [4.69, 9.17) is 54.8 Å². The number of halogens is 1. The lowest BCUT2D eigenvalue weighted by Gasteiger charge is -2.59. The van der Waals surface area contributed by atoms with Crippen molar-refractivity contribution in [1.82, 2.24) is 9.97 Å². The number of carbonyl (C=O) groups excluding carboxylic acids is 3. The number of rotatable bonds is 3. The van der Waals surface area contributed by atoms with Crippen LogP contribution in [-0.4, -0.2) is 68.8 Å². The Kier molecular flexibility index (Phi) is 11.1. The molecule has 0 radical (unpaired) electrons. The number of hydrogen-bond acceptors (Lipinski definition) is 14. The molecule has 12 rings (SSSR count). The molecule has 57 heavy (non-hydrogen) atoms. The number of pyridine rings is 2. The molecule has 2 spiro atoms. The van der Waals surface area contributed by atoms with Crippen molar-refractivity contribution < 1.29 is 57.6 Å². The van der Waals surface area contributed by atoms with Gasteiger partial charge in [-0.2, -0.15) is 0 Å². The summed E-state index contributed by atoms with van der Waals surface area (Å²) in [5, 5.41) is -0.447. The maximum Gasteiger partial charge on any atom is 0.340 e. The van der Waals surface area contributed by atoms with Crippen LogP contribution in [0.4, 0.5) is 0 Å². The fourth-order valence-corrected chi connectivity index (χ4v) is 11.0. The predicted molar refractivity (Wildman–Crippen MR) is 199 cm³/mol. The summed E-state index contributed by atoms with van der Waals surface area (Å²) in [6, 6.07) is 6.40. The molecule has 8 aliphatic heterocycles. The molecule has 0 aromatic carbocycles. The quantitative estimate of drug-likeness (QED) is 0.173. The van der Waals surface area contributed by atoms with Gasteiger partial charge in [-0.1, -0.05) is 27.7 Å². The molecule has 2 saturated carbocycles. The Morgan fingerprint density at radius 3 is 1.74 bits per heavy atom. The van der Waals surface area contributed by atoms with Crippen LogP contribution in [0.25, 0.3) is 0 Å². The first-order valence-electron chi connectivity index (χ1n) is 20.4. The molecule has 2 aromatic heterocycles. The summed E-state index contributed by atoms with van der Waals surface area (Å²) in [4.78, 5) is 66.2. The monoisotopic (exact) mass is 812 g/mol. The van der Waals surface area contributed by atoms with Crippen LogP contribution in [-0.2, 0) is 48.0 Å². The van der Waals surface area contributed by atoms with Crippen LogP contribution in [0.5, 0.6) is 0 Å². The van der Waals surface area contributed by atoms with E-state index in [1.54, 1.807) is 36.7 Å². The molecule has 10 fully saturated rings. The number of nitrogens with zero attached hydrogens (tertiary/aromatic N) is 2. The molecule has 0 amide bonds. The molecule has 2 aliphatic carbocycles. The topological polar surface area (TPSA) is 160 Å². The minimum atomic E-state index is -0.836. The highest BCUT2D eigenvalue weighted by Crippen LogP contribution is 2.62. The van der Waals surface area contributed by atoms with Gasteiger partial charge in [0.05, 0.1) is 11.5 Å². The minimum absolute atomic E-state index is 0.0355. The van der Waals surface area contributed by atoms with Gasteiger partial charge in [-0.15, -0.1) is 0 Å². The smallest absolute Gasteiger partial charge is 0.340 e. The van der Waals surface area contributed by atoms with Gasteiger partial charge < -0.3 is 23.7 Å². The van der Waals surface area contributed by atoms with Gasteiger partial charge in [-0.3, -0.25) is 19.6 Å². The van der Waals surface area contributed by atoms with E-state index >= 15 is 0 Å². The van der Waals surface area contributed by atoms with Gasteiger partial charge in [0.2, 0.25) is 24.2 Å². The van der Waals surface area contributed by atoms with Crippen LogP contribution >= 0.6 is 11.6 Å². The number of esters is 2. The van der Waals surface area contributed by atoms with Crippen molar-refractivity contribution in [3.8, 4) is 0 Å². The van der Waals surface area contributed by atoms with E-state index in [2.05, 4.69) is 30.7 Å². The fourth-order valence-electron chi connectivity index (χ4n) is 10.9. The highest BCUT2D eigenvalue weighted by atomic mass is 35.5. The van der Waals surface area contributed by atoms with Gasteiger partial charge in [0.1, 0.15) is 0 Å². The molecular weight excluding hydrogens is 760 g/mol. The normalized spacial score (nSPS) is 44.8. The van der Waals surface area contributed by atoms with Gasteiger partial charge in [-0.05, 0) is 106 Å². The highest BCUT2D eigenvalue weighted by Gasteiger charge is 2.71. The summed E-state index contributed by atoms with van der Waals surface area (Å²) in [5.74, 6) is -0.507. The van der Waals surface area contributed by atoms with Crippen molar-refractivity contribution in [1.29, 1.82) is 0 Å². The molecule has 310 valence electrons. The minimum Gasteiger partial charge on any atom is -0.432 e. The molecule has 10 heterocycles. The third-order valence-electron chi connectivity index (χ3n) is 14.1. The van der Waals surface area contributed by atoms with E-state index in [0.717, 1.165) is 51.4 Å². The van der Waals surface area contributed by atoms with Crippen LogP contribution in [0.3, 0.4) is 0 Å². The number of aromatic nitrogens is 2. The van der Waals surface area contributed by atoms with E-state index in [1.807, 2.05) is 20.8 Å². The van der Waals surface area contributed by atoms with Gasteiger partial charge in [0.25, 0.3) is 5.24 Å². The number of hydrogen-bond donors (Lipinski definition) is 0. The molecule has 10 aliphatic rings. The maximum atomic E-state index is 12.6. The van der Waals surface area contributed by atoms with E-state index in [1.165, 1.54) is 12.4 Å². The molecule has 2 aromatic rings. The Labute approximate surface area is 337 Å². The molecule has 15 heteroatoms. The van der Waals surface area contributed by atoms with Crippen LogP contribution < -0.4 is 0 Å². The van der Waals surface area contributed by atoms with Crippen molar-refractivity contribution in [2.24, 2.45) is 47.3 Å². The third-order valence-corrected chi connectivity index (χ3v) is 14.3. The second kappa shape index (κ2) is 15.5. The van der Waals surface area contributed by atoms with Crippen molar-refractivity contribution in [2.75, 3.05) is 0 Å². The second-order valence-electron chi connectivity index (χ2n) is 17.6. The molecular formula is C42H53ClN2O12. The van der Waals surface area contributed by atoms with Gasteiger partial charge >= 0.3 is 11.9 Å². The zero-order valence-corrected chi connectivity index (χ0v) is 34.1. The standard InChI is InChI=1S/C21H27NO6.C15H22O5.C6H4ClNO/c1-12-4-5-16-13(2)18(24-17(23)14-7-10-22-11-8-14)25-19-21(16)15(12)6-9-20(3,26-19)27-28-21;1-8-4-5-11-9(2)12(16)17-13-15(11)10(8)6-7-14(3,18-13)19-20-15;7-6(9)5-1-3-8-4-2-5/h7-8,10-13,15-16,18-19H,4-6,9H2,1-3H3;8-11,13H,4-7H2,1-3H3;1-4H/t12-,13-,15?,16?,18+,19-,20+,21-;8-,9-,10?,11?,13-,14+,15-;/m11./s1. The summed E-state index contributed by atoms with van der Waals surface area (Å²) in [5.41, 5.74) is -0.323. The van der Waals surface area contributed by atoms with Crippen molar-refractivity contribution in [3.05, 3.63) is 60.2 Å². The molecule has 15 atom stereocenters. The first-order chi connectivity index (χ1) is 27.2. The average Bonchev–Trinajstić information content (AvgIpc) is 3.58. The summed E-state index contributed by atoms with van der Waals surface area (Å²) in [7, 11) is 0. The highest BCUT2D eigenvalue weighted by molar-refractivity contribution is 6.67. The lowest BCUT2D eigenvalue weighted by atomic mass is 9.58. The molecule has 0 N–H and O–H groups in total. The van der Waals surface area contributed by atoms with E-state index < -0.39 is 52.9 Å². The summed E-state index contributed by atoms with van der Waals surface area (Å²) < 4.78 is 29.9. The fraction of sp³-hybridized carbons (Fsp3) is 0.690. The molecule has 14 nitrogen and oxygen atoms in total. The number of ether oxygens (including phenoxy) is 5. The second-order valence-corrected chi connectivity index (χ2v) is 17.9. The van der Waals surface area contributed by atoms with Gasteiger partial charge in [0.15, 0.2) is 17.5 Å².